The second-order valence-electron chi connectivity index (χ2n) is 9.45. The Kier molecular flexibility index (Phi) is 12.1. The van der Waals surface area contributed by atoms with Gasteiger partial charge in [0.1, 0.15) is 5.82 Å². The van der Waals surface area contributed by atoms with Gasteiger partial charge in [0, 0.05) is 38.1 Å². The number of carbonyl (C=O) groups excluding carboxylic acids is 1. The highest BCUT2D eigenvalue weighted by molar-refractivity contribution is 6.10. The fraction of sp³-hybridized carbons (Fsp3) is 0.448. The molecule has 0 spiro atoms. The Bertz CT molecular complexity index is 1080. The van der Waals surface area contributed by atoms with Crippen LogP contribution in [0.5, 0.6) is 0 Å². The Hall–Kier alpha value is -3.40. The van der Waals surface area contributed by atoms with Crippen molar-refractivity contribution in [2.45, 2.75) is 39.2 Å². The highest BCUT2D eigenvalue weighted by Gasteiger charge is 2.20. The molecule has 0 atom stereocenters. The van der Waals surface area contributed by atoms with Gasteiger partial charge in [-0.05, 0) is 74.2 Å². The molecule has 0 saturated carbocycles. The van der Waals surface area contributed by atoms with Gasteiger partial charge in [0.05, 0.1) is 18.9 Å². The molecule has 1 aliphatic rings. The molecule has 1 aliphatic heterocycles. The second kappa shape index (κ2) is 15.8. The first kappa shape index (κ1) is 29.2. The number of amides is 1. The van der Waals surface area contributed by atoms with E-state index in [-0.39, 0.29) is 17.4 Å². The largest absolute Gasteiger partial charge is 0.384 e. The van der Waals surface area contributed by atoms with Gasteiger partial charge in [0.25, 0.3) is 5.91 Å². The molecule has 0 fully saturated rings. The van der Waals surface area contributed by atoms with Crippen molar-refractivity contribution >= 4 is 23.0 Å². The van der Waals surface area contributed by atoms with Crippen LogP contribution in [0.1, 0.15) is 43.7 Å². The lowest BCUT2D eigenvalue weighted by atomic mass is 10.1. The van der Waals surface area contributed by atoms with E-state index in [1.54, 1.807) is 0 Å². The third-order valence-corrected chi connectivity index (χ3v) is 6.29. The van der Waals surface area contributed by atoms with Crippen LogP contribution in [0.4, 0.5) is 11.4 Å². The van der Waals surface area contributed by atoms with Gasteiger partial charge in [-0.3, -0.25) is 4.79 Å². The molecule has 7 N–H and O–H groups in total. The van der Waals surface area contributed by atoms with Crippen LogP contribution >= 0.6 is 0 Å². The first-order valence-electron chi connectivity index (χ1n) is 13.5. The third kappa shape index (κ3) is 9.16. The molecular weight excluding hydrogens is 478 g/mol. The van der Waals surface area contributed by atoms with Crippen molar-refractivity contribution in [3.05, 3.63) is 71.2 Å². The van der Waals surface area contributed by atoms with Gasteiger partial charge in [0.2, 0.25) is 0 Å². The van der Waals surface area contributed by atoms with Crippen LogP contribution in [0.2, 0.25) is 0 Å². The van der Waals surface area contributed by atoms with Gasteiger partial charge >= 0.3 is 0 Å². The van der Waals surface area contributed by atoms with E-state index in [0.717, 1.165) is 61.6 Å². The summed E-state index contributed by atoms with van der Waals surface area (Å²) in [4.78, 5) is 19.7. The summed E-state index contributed by atoms with van der Waals surface area (Å²) in [5, 5.41) is 9.43. The van der Waals surface area contributed by atoms with E-state index in [9.17, 15) is 4.79 Å². The Morgan fingerprint density at radius 3 is 2.71 bits per heavy atom. The van der Waals surface area contributed by atoms with E-state index in [1.165, 1.54) is 12.8 Å². The summed E-state index contributed by atoms with van der Waals surface area (Å²) in [5.74, 6) is -0.101. The zero-order valence-electron chi connectivity index (χ0n) is 22.8. The molecule has 0 aromatic heterocycles. The Morgan fingerprint density at radius 1 is 1.13 bits per heavy atom. The second-order valence-corrected chi connectivity index (χ2v) is 9.45. The third-order valence-electron chi connectivity index (χ3n) is 6.29. The molecule has 0 saturated heterocycles. The summed E-state index contributed by atoms with van der Waals surface area (Å²) < 4.78 is 5.84. The van der Waals surface area contributed by atoms with E-state index in [1.807, 2.05) is 55.6 Å². The summed E-state index contributed by atoms with van der Waals surface area (Å²) in [6.07, 6.45) is 4.52. The van der Waals surface area contributed by atoms with Crippen molar-refractivity contribution in [1.82, 2.24) is 10.6 Å². The van der Waals surface area contributed by atoms with Crippen LogP contribution in [-0.4, -0.2) is 58.0 Å². The van der Waals surface area contributed by atoms with E-state index < -0.39 is 0 Å². The molecule has 9 heteroatoms. The fourth-order valence-electron chi connectivity index (χ4n) is 4.12. The number of unbranched alkanes of at least 4 members (excludes halogenated alkanes) is 2. The Morgan fingerprint density at radius 2 is 1.95 bits per heavy atom. The van der Waals surface area contributed by atoms with E-state index in [2.05, 4.69) is 32.8 Å². The van der Waals surface area contributed by atoms with E-state index in [0.29, 0.717) is 25.4 Å². The van der Waals surface area contributed by atoms with E-state index >= 15 is 0 Å². The molecule has 0 aliphatic carbocycles. The molecule has 2 aromatic carbocycles. The minimum absolute atomic E-state index is 0.172. The minimum Gasteiger partial charge on any atom is -0.384 e. The minimum atomic E-state index is -0.360. The Labute approximate surface area is 226 Å². The number of nitrogens with zero attached hydrogens (tertiary/aromatic N) is 2. The monoisotopic (exact) mass is 521 g/mol. The summed E-state index contributed by atoms with van der Waals surface area (Å²) >= 11 is 0. The molecule has 0 radical (unpaired) electrons. The molecule has 9 nitrogen and oxygen atoms in total. The van der Waals surface area contributed by atoms with Gasteiger partial charge in [-0.1, -0.05) is 31.2 Å². The number of nitrogens with one attached hydrogen (secondary N) is 3. The fourth-order valence-corrected chi connectivity index (χ4v) is 4.12. The predicted molar refractivity (Wildman–Crippen MR) is 156 cm³/mol. The first-order chi connectivity index (χ1) is 18.5. The number of aliphatic imine (C=N–C) groups is 1. The number of carbonyl (C=O) groups is 1. The maximum Gasteiger partial charge on any atom is 0.278 e. The summed E-state index contributed by atoms with van der Waals surface area (Å²) in [6.45, 7) is 7.36. The smallest absolute Gasteiger partial charge is 0.278 e. The first-order valence-corrected chi connectivity index (χ1v) is 13.5. The lowest BCUT2D eigenvalue weighted by Gasteiger charge is -2.20. The summed E-state index contributed by atoms with van der Waals surface area (Å²) in [7, 11) is 2.00. The predicted octanol–water partition coefficient (Wildman–Crippen LogP) is 2.93. The van der Waals surface area contributed by atoms with Crippen molar-refractivity contribution in [2.24, 2.45) is 16.5 Å². The van der Waals surface area contributed by atoms with Crippen LogP contribution < -0.4 is 32.3 Å². The molecule has 1 heterocycles. The maximum absolute atomic E-state index is 13.1. The van der Waals surface area contributed by atoms with Crippen molar-refractivity contribution in [2.75, 3.05) is 56.6 Å². The van der Waals surface area contributed by atoms with Crippen LogP contribution in [0.25, 0.3) is 0 Å². The molecule has 0 bridgehead atoms. The molecule has 3 rings (SSSR count). The maximum atomic E-state index is 13.1. The molecular formula is C29H43N7O2. The zero-order valence-corrected chi connectivity index (χ0v) is 22.8. The average molecular weight is 522 g/mol. The topological polar surface area (TPSA) is 130 Å². The molecule has 1 amide bonds. The molecule has 0 unspecified atom stereocenters. The van der Waals surface area contributed by atoms with Crippen LogP contribution in [0, 0.1) is 0 Å². The SMILES string of the molecule is CCCNCCCCCOCc1cccc(NC(=O)C2=C(N)NCC(c3ccc(N(C)CCN)cc3)=N2)c1. The zero-order chi connectivity index (χ0) is 27.2. The number of hydrogen-bond acceptors (Lipinski definition) is 8. The van der Waals surface area contributed by atoms with Crippen LogP contribution in [0.15, 0.2) is 65.0 Å². The van der Waals surface area contributed by atoms with Crippen molar-refractivity contribution < 1.29 is 9.53 Å². The number of rotatable bonds is 16. The molecule has 206 valence electrons. The Balaban J connectivity index is 1.53. The highest BCUT2D eigenvalue weighted by atomic mass is 16.5. The number of anilines is 2. The van der Waals surface area contributed by atoms with E-state index in [4.69, 9.17) is 16.2 Å². The number of likely N-dealkylation sites (N-methyl/N-ethyl adjacent to an activating group) is 1. The summed E-state index contributed by atoms with van der Waals surface area (Å²) in [5.41, 5.74) is 16.3. The average Bonchev–Trinajstić information content (AvgIpc) is 2.93. The van der Waals surface area contributed by atoms with Gasteiger partial charge in [-0.2, -0.15) is 0 Å². The summed E-state index contributed by atoms with van der Waals surface area (Å²) in [6, 6.07) is 15.7. The van der Waals surface area contributed by atoms with Gasteiger partial charge < -0.3 is 37.1 Å². The van der Waals surface area contributed by atoms with Gasteiger partial charge in [0.15, 0.2) is 5.70 Å². The van der Waals surface area contributed by atoms with Crippen molar-refractivity contribution in [1.29, 1.82) is 0 Å². The molecule has 38 heavy (non-hydrogen) atoms. The van der Waals surface area contributed by atoms with Crippen LogP contribution in [0.3, 0.4) is 0 Å². The number of nitrogens with two attached hydrogens (primary N) is 2. The van der Waals surface area contributed by atoms with Crippen LogP contribution in [-0.2, 0) is 16.1 Å². The molecule has 2 aromatic rings. The highest BCUT2D eigenvalue weighted by Crippen LogP contribution is 2.18. The van der Waals surface area contributed by atoms with Gasteiger partial charge in [-0.25, -0.2) is 4.99 Å². The lowest BCUT2D eigenvalue weighted by Crippen LogP contribution is -2.35. The van der Waals surface area contributed by atoms with Gasteiger partial charge in [-0.15, -0.1) is 0 Å². The lowest BCUT2D eigenvalue weighted by molar-refractivity contribution is -0.113. The number of ether oxygens (including phenoxy) is 1. The van der Waals surface area contributed by atoms with Crippen molar-refractivity contribution in [3.8, 4) is 0 Å². The quantitative estimate of drug-likeness (QED) is 0.215. The van der Waals surface area contributed by atoms with Crippen molar-refractivity contribution in [3.63, 3.8) is 0 Å². The number of hydrogen-bond donors (Lipinski definition) is 5. The number of benzene rings is 2. The normalized spacial score (nSPS) is 13.2. The standard InChI is InChI=1S/C29H43N7O2/c1-3-15-32-16-5-4-6-18-38-21-22-8-7-9-24(19-22)34-29(37)27-28(31)33-20-26(35-27)23-10-12-25(13-11-23)36(2)17-14-30/h7-13,19,32-33H,3-6,14-18,20-21,30-31H2,1-2H3,(H,34,37).